The molecule has 0 spiro atoms. The number of nitrogens with zero attached hydrogens (tertiary/aromatic N) is 1. The summed E-state index contributed by atoms with van der Waals surface area (Å²) >= 11 is 0. The van der Waals surface area contributed by atoms with E-state index in [2.05, 4.69) is 4.98 Å². The predicted molar refractivity (Wildman–Crippen MR) is 62.4 cm³/mol. The van der Waals surface area contributed by atoms with Crippen molar-refractivity contribution in [3.63, 3.8) is 0 Å². The standard InChI is InChI=1S/C13H13FN2/c14-13-4-2-1-3-12(13)10-5-6-11(7-8-15)16-9-10/h1-6,9H,7-8,15H2. The van der Waals surface area contributed by atoms with Gasteiger partial charge in [-0.1, -0.05) is 24.3 Å². The topological polar surface area (TPSA) is 38.9 Å². The van der Waals surface area contributed by atoms with Gasteiger partial charge in [0.25, 0.3) is 0 Å². The third-order valence-corrected chi connectivity index (χ3v) is 2.41. The Morgan fingerprint density at radius 1 is 1.12 bits per heavy atom. The summed E-state index contributed by atoms with van der Waals surface area (Å²) in [5.41, 5.74) is 7.74. The van der Waals surface area contributed by atoms with Crippen LogP contribution in [0.4, 0.5) is 4.39 Å². The molecule has 0 bridgehead atoms. The number of pyridine rings is 1. The van der Waals surface area contributed by atoms with Crippen LogP contribution in [0.15, 0.2) is 42.6 Å². The van der Waals surface area contributed by atoms with Gasteiger partial charge in [-0.2, -0.15) is 0 Å². The van der Waals surface area contributed by atoms with E-state index in [1.807, 2.05) is 18.2 Å². The normalized spacial score (nSPS) is 10.4. The van der Waals surface area contributed by atoms with Crippen molar-refractivity contribution in [3.05, 3.63) is 54.1 Å². The first-order valence-electron chi connectivity index (χ1n) is 5.21. The highest BCUT2D eigenvalue weighted by Crippen LogP contribution is 2.21. The molecule has 0 atom stereocenters. The van der Waals surface area contributed by atoms with Crippen molar-refractivity contribution in [3.8, 4) is 11.1 Å². The lowest BCUT2D eigenvalue weighted by Crippen LogP contribution is -2.04. The van der Waals surface area contributed by atoms with Gasteiger partial charge in [0.05, 0.1) is 0 Å². The summed E-state index contributed by atoms with van der Waals surface area (Å²) in [6.45, 7) is 0.575. The third-order valence-electron chi connectivity index (χ3n) is 2.41. The summed E-state index contributed by atoms with van der Waals surface area (Å²) in [7, 11) is 0. The van der Waals surface area contributed by atoms with E-state index in [9.17, 15) is 4.39 Å². The van der Waals surface area contributed by atoms with Gasteiger partial charge in [0.1, 0.15) is 5.82 Å². The molecule has 1 heterocycles. The van der Waals surface area contributed by atoms with E-state index in [0.717, 1.165) is 17.7 Å². The fourth-order valence-electron chi connectivity index (χ4n) is 1.57. The predicted octanol–water partition coefficient (Wildman–Crippen LogP) is 2.39. The number of hydrogen-bond donors (Lipinski definition) is 1. The molecule has 0 radical (unpaired) electrons. The van der Waals surface area contributed by atoms with Gasteiger partial charge < -0.3 is 5.73 Å². The highest BCUT2D eigenvalue weighted by Gasteiger charge is 2.03. The number of benzene rings is 1. The lowest BCUT2D eigenvalue weighted by molar-refractivity contribution is 0.631. The summed E-state index contributed by atoms with van der Waals surface area (Å²) < 4.78 is 13.5. The van der Waals surface area contributed by atoms with Gasteiger partial charge in [-0.25, -0.2) is 4.39 Å². The van der Waals surface area contributed by atoms with E-state index in [-0.39, 0.29) is 5.82 Å². The molecule has 0 unspecified atom stereocenters. The van der Waals surface area contributed by atoms with Crippen LogP contribution in [0.3, 0.4) is 0 Å². The van der Waals surface area contributed by atoms with E-state index in [0.29, 0.717) is 12.1 Å². The number of rotatable bonds is 3. The Morgan fingerprint density at radius 3 is 2.56 bits per heavy atom. The summed E-state index contributed by atoms with van der Waals surface area (Å²) in [4.78, 5) is 4.24. The maximum absolute atomic E-state index is 13.5. The van der Waals surface area contributed by atoms with E-state index in [1.54, 1.807) is 18.3 Å². The summed E-state index contributed by atoms with van der Waals surface area (Å²) in [5, 5.41) is 0. The molecule has 0 saturated carbocycles. The van der Waals surface area contributed by atoms with Gasteiger partial charge >= 0.3 is 0 Å². The molecule has 1 aromatic heterocycles. The van der Waals surface area contributed by atoms with Gasteiger partial charge in [0.2, 0.25) is 0 Å². The molecule has 3 heteroatoms. The number of aromatic nitrogens is 1. The molecule has 0 aliphatic rings. The number of nitrogens with two attached hydrogens (primary N) is 1. The molecule has 2 N–H and O–H groups in total. The molecule has 0 aliphatic heterocycles. The van der Waals surface area contributed by atoms with Crippen LogP contribution in [0.25, 0.3) is 11.1 Å². The van der Waals surface area contributed by atoms with Gasteiger partial charge in [0.15, 0.2) is 0 Å². The van der Waals surface area contributed by atoms with Crippen LogP contribution in [0, 0.1) is 5.82 Å². The van der Waals surface area contributed by atoms with Gasteiger partial charge in [-0.15, -0.1) is 0 Å². The third kappa shape index (κ3) is 2.25. The second kappa shape index (κ2) is 4.86. The van der Waals surface area contributed by atoms with Crippen LogP contribution >= 0.6 is 0 Å². The zero-order valence-corrected chi connectivity index (χ0v) is 8.86. The zero-order chi connectivity index (χ0) is 11.4. The second-order valence-corrected chi connectivity index (χ2v) is 3.56. The van der Waals surface area contributed by atoms with E-state index in [1.165, 1.54) is 6.07 Å². The SMILES string of the molecule is NCCc1ccc(-c2ccccc2F)cn1. The summed E-state index contributed by atoms with van der Waals surface area (Å²) in [6.07, 6.45) is 2.43. The summed E-state index contributed by atoms with van der Waals surface area (Å²) in [5.74, 6) is -0.226. The molecule has 0 fully saturated rings. The first kappa shape index (κ1) is 10.8. The molecule has 16 heavy (non-hydrogen) atoms. The molecule has 2 nitrogen and oxygen atoms in total. The molecule has 2 rings (SSSR count). The Balaban J connectivity index is 2.31. The van der Waals surface area contributed by atoms with Crippen molar-refractivity contribution in [2.75, 3.05) is 6.54 Å². The lowest BCUT2D eigenvalue weighted by atomic mass is 10.1. The van der Waals surface area contributed by atoms with Gasteiger partial charge in [-0.05, 0) is 18.7 Å². The van der Waals surface area contributed by atoms with Crippen molar-refractivity contribution >= 4 is 0 Å². The van der Waals surface area contributed by atoms with Crippen molar-refractivity contribution in [2.45, 2.75) is 6.42 Å². The smallest absolute Gasteiger partial charge is 0.131 e. The van der Waals surface area contributed by atoms with Crippen molar-refractivity contribution in [1.82, 2.24) is 4.98 Å². The minimum Gasteiger partial charge on any atom is -0.330 e. The maximum atomic E-state index is 13.5. The van der Waals surface area contributed by atoms with E-state index >= 15 is 0 Å². The van der Waals surface area contributed by atoms with Crippen LogP contribution in [0.5, 0.6) is 0 Å². The first-order valence-corrected chi connectivity index (χ1v) is 5.21. The zero-order valence-electron chi connectivity index (χ0n) is 8.86. The van der Waals surface area contributed by atoms with Crippen LogP contribution in [0.1, 0.15) is 5.69 Å². The molecular formula is C13H13FN2. The second-order valence-electron chi connectivity index (χ2n) is 3.56. The summed E-state index contributed by atoms with van der Waals surface area (Å²) in [6, 6.07) is 10.4. The Morgan fingerprint density at radius 2 is 1.94 bits per heavy atom. The Bertz CT molecular complexity index is 466. The van der Waals surface area contributed by atoms with Crippen molar-refractivity contribution < 1.29 is 4.39 Å². The fraction of sp³-hybridized carbons (Fsp3) is 0.154. The van der Waals surface area contributed by atoms with E-state index in [4.69, 9.17) is 5.73 Å². The highest BCUT2D eigenvalue weighted by molar-refractivity contribution is 5.62. The van der Waals surface area contributed by atoms with Crippen LogP contribution in [0.2, 0.25) is 0 Å². The quantitative estimate of drug-likeness (QED) is 0.855. The molecule has 2 aromatic rings. The largest absolute Gasteiger partial charge is 0.330 e. The van der Waals surface area contributed by atoms with Crippen molar-refractivity contribution in [2.24, 2.45) is 5.73 Å². The monoisotopic (exact) mass is 216 g/mol. The number of hydrogen-bond acceptors (Lipinski definition) is 2. The minimum absolute atomic E-state index is 0.226. The average molecular weight is 216 g/mol. The Labute approximate surface area is 93.9 Å². The minimum atomic E-state index is -0.226. The number of halogens is 1. The molecule has 0 aliphatic carbocycles. The maximum Gasteiger partial charge on any atom is 0.131 e. The van der Waals surface area contributed by atoms with Crippen molar-refractivity contribution in [1.29, 1.82) is 0 Å². The lowest BCUT2D eigenvalue weighted by Gasteiger charge is -2.03. The Kier molecular flexibility index (Phi) is 3.27. The molecule has 0 saturated heterocycles. The van der Waals surface area contributed by atoms with Crippen LogP contribution in [-0.2, 0) is 6.42 Å². The van der Waals surface area contributed by atoms with E-state index < -0.39 is 0 Å². The molecular weight excluding hydrogens is 203 g/mol. The average Bonchev–Trinajstić information content (AvgIpc) is 2.31. The van der Waals surface area contributed by atoms with Gasteiger partial charge in [-0.3, -0.25) is 4.98 Å². The van der Waals surface area contributed by atoms with Crippen LogP contribution in [-0.4, -0.2) is 11.5 Å². The highest BCUT2D eigenvalue weighted by atomic mass is 19.1. The molecule has 82 valence electrons. The fourth-order valence-corrected chi connectivity index (χ4v) is 1.57. The van der Waals surface area contributed by atoms with Gasteiger partial charge in [0, 0.05) is 29.4 Å². The first-order chi connectivity index (χ1) is 7.81. The molecule has 0 amide bonds. The van der Waals surface area contributed by atoms with Crippen LogP contribution < -0.4 is 5.73 Å². The Hall–Kier alpha value is -1.74. The molecule has 1 aromatic carbocycles.